The number of nitrogens with one attached hydrogen (secondary N) is 1. The first kappa shape index (κ1) is 14.7. The van der Waals surface area contributed by atoms with Crippen LogP contribution in [0.25, 0.3) is 10.2 Å². The van der Waals surface area contributed by atoms with Crippen molar-refractivity contribution >= 4 is 43.9 Å². The molecule has 0 aliphatic rings. The maximum Gasteiger partial charge on any atom is 0.331 e. The summed E-state index contributed by atoms with van der Waals surface area (Å²) >= 11 is 2.44. The average molecular weight is 336 g/mol. The summed E-state index contributed by atoms with van der Waals surface area (Å²) in [5.41, 5.74) is 0.00764. The number of carbonyl (C=O) groups is 1. The van der Waals surface area contributed by atoms with Crippen LogP contribution in [0.4, 0.5) is 5.13 Å². The molecule has 0 atom stereocenters. The fourth-order valence-corrected chi connectivity index (χ4v) is 3.73. The van der Waals surface area contributed by atoms with Crippen LogP contribution >= 0.6 is 22.7 Å². The topological polar surface area (TPSA) is 86.0 Å². The maximum atomic E-state index is 12.3. The number of fused-ring (bicyclic) bond motifs is 1. The molecule has 0 saturated heterocycles. The molecule has 3 rings (SSSR count). The van der Waals surface area contributed by atoms with Gasteiger partial charge in [0.15, 0.2) is 5.13 Å². The van der Waals surface area contributed by atoms with E-state index in [0.29, 0.717) is 20.2 Å². The Morgan fingerprint density at radius 2 is 2.00 bits per heavy atom. The Morgan fingerprint density at radius 3 is 2.64 bits per heavy atom. The van der Waals surface area contributed by atoms with Crippen molar-refractivity contribution in [3.63, 3.8) is 0 Å². The van der Waals surface area contributed by atoms with E-state index in [-0.39, 0.29) is 5.91 Å². The van der Waals surface area contributed by atoms with Crippen LogP contribution in [0.2, 0.25) is 0 Å². The molecule has 0 aliphatic heterocycles. The zero-order valence-electron chi connectivity index (χ0n) is 12.0. The summed E-state index contributed by atoms with van der Waals surface area (Å²) < 4.78 is 2.40. The van der Waals surface area contributed by atoms with Crippen molar-refractivity contribution in [2.75, 3.05) is 5.32 Å². The van der Waals surface area contributed by atoms with E-state index in [0.717, 1.165) is 21.6 Å². The number of aryl methyl sites for hydroxylation is 2. The number of amides is 1. The van der Waals surface area contributed by atoms with Gasteiger partial charge in [-0.25, -0.2) is 9.78 Å². The summed E-state index contributed by atoms with van der Waals surface area (Å²) in [6.45, 7) is 1.84. The molecule has 0 aliphatic carbocycles. The predicted molar refractivity (Wildman–Crippen MR) is 87.1 cm³/mol. The fraction of sp³-hybridized carbons (Fsp3) is 0.231. The number of hydrogen-bond acceptors (Lipinski definition) is 6. The Kier molecular flexibility index (Phi) is 3.45. The van der Waals surface area contributed by atoms with Gasteiger partial charge in [-0.05, 0) is 13.0 Å². The van der Waals surface area contributed by atoms with Crippen LogP contribution in [0.5, 0.6) is 0 Å². The lowest BCUT2D eigenvalue weighted by molar-refractivity contribution is 0.103. The van der Waals surface area contributed by atoms with Crippen LogP contribution in [-0.2, 0) is 14.1 Å². The monoisotopic (exact) mass is 336 g/mol. The second-order valence-electron chi connectivity index (χ2n) is 4.78. The van der Waals surface area contributed by atoms with Crippen LogP contribution < -0.4 is 16.6 Å². The van der Waals surface area contributed by atoms with Crippen molar-refractivity contribution in [3.05, 3.63) is 42.9 Å². The third-order valence-corrected chi connectivity index (χ3v) is 5.28. The normalized spacial score (nSPS) is 11.0. The van der Waals surface area contributed by atoms with Crippen molar-refractivity contribution in [1.29, 1.82) is 0 Å². The van der Waals surface area contributed by atoms with Gasteiger partial charge in [0.25, 0.3) is 11.5 Å². The minimum atomic E-state index is -0.415. The fourth-order valence-electron chi connectivity index (χ4n) is 2.05. The quantitative estimate of drug-likeness (QED) is 0.765. The molecule has 3 heterocycles. The highest BCUT2D eigenvalue weighted by atomic mass is 32.1. The van der Waals surface area contributed by atoms with Crippen LogP contribution in [0.15, 0.2) is 21.0 Å². The van der Waals surface area contributed by atoms with E-state index < -0.39 is 11.2 Å². The van der Waals surface area contributed by atoms with E-state index in [4.69, 9.17) is 0 Å². The summed E-state index contributed by atoms with van der Waals surface area (Å²) in [5, 5.41) is 5.38. The lowest BCUT2D eigenvalue weighted by Crippen LogP contribution is -2.36. The Bertz CT molecular complexity index is 1010. The summed E-state index contributed by atoms with van der Waals surface area (Å²) in [7, 11) is 2.99. The van der Waals surface area contributed by atoms with Crippen LogP contribution in [0, 0.1) is 6.92 Å². The van der Waals surface area contributed by atoms with Crippen LogP contribution in [-0.4, -0.2) is 20.0 Å². The van der Waals surface area contributed by atoms with E-state index in [1.807, 2.05) is 12.3 Å². The van der Waals surface area contributed by atoms with Gasteiger partial charge in [0, 0.05) is 19.5 Å². The smallest absolute Gasteiger partial charge is 0.297 e. The van der Waals surface area contributed by atoms with Gasteiger partial charge >= 0.3 is 5.69 Å². The van der Waals surface area contributed by atoms with E-state index in [9.17, 15) is 14.4 Å². The van der Waals surface area contributed by atoms with Gasteiger partial charge in [-0.3, -0.25) is 24.0 Å². The Balaban J connectivity index is 2.07. The highest BCUT2D eigenvalue weighted by molar-refractivity contribution is 7.20. The first-order valence-electron chi connectivity index (χ1n) is 6.31. The number of carbonyl (C=O) groups excluding carboxylic acids is 1. The molecule has 0 bridgehead atoms. The summed E-state index contributed by atoms with van der Waals surface area (Å²) in [4.78, 5) is 41.3. The highest BCUT2D eigenvalue weighted by Gasteiger charge is 2.17. The summed E-state index contributed by atoms with van der Waals surface area (Å²) in [5.74, 6) is -0.343. The van der Waals surface area contributed by atoms with Crippen LogP contribution in [0.3, 0.4) is 0 Å². The molecule has 1 N–H and O–H groups in total. The van der Waals surface area contributed by atoms with Crippen molar-refractivity contribution < 1.29 is 4.79 Å². The standard InChI is InChI=1S/C13H12N4O3S2/c1-6-5-21-12(14-6)15-9(18)8-4-7-10(19)16(2)13(20)17(3)11(7)22-8/h4-5H,1-3H3,(H,14,15,18). The number of hydrogen-bond donors (Lipinski definition) is 1. The molecule has 22 heavy (non-hydrogen) atoms. The second-order valence-corrected chi connectivity index (χ2v) is 6.67. The van der Waals surface area contributed by atoms with Gasteiger partial charge in [-0.2, -0.15) is 0 Å². The zero-order valence-corrected chi connectivity index (χ0v) is 13.7. The van der Waals surface area contributed by atoms with Gasteiger partial charge in [0.05, 0.1) is 16.0 Å². The first-order valence-corrected chi connectivity index (χ1v) is 8.01. The minimum absolute atomic E-state index is 0.343. The summed E-state index contributed by atoms with van der Waals surface area (Å²) in [6.07, 6.45) is 0. The number of aromatic nitrogens is 3. The van der Waals surface area contributed by atoms with E-state index in [2.05, 4.69) is 10.3 Å². The van der Waals surface area contributed by atoms with E-state index >= 15 is 0 Å². The molecule has 0 spiro atoms. The third kappa shape index (κ3) is 2.28. The Labute approximate surface area is 132 Å². The van der Waals surface area contributed by atoms with Crippen molar-refractivity contribution in [2.24, 2.45) is 14.1 Å². The van der Waals surface area contributed by atoms with Gasteiger partial charge in [0.2, 0.25) is 0 Å². The molecular formula is C13H12N4O3S2. The summed E-state index contributed by atoms with van der Waals surface area (Å²) in [6, 6.07) is 1.51. The second kappa shape index (κ2) is 5.18. The maximum absolute atomic E-state index is 12.3. The van der Waals surface area contributed by atoms with Gasteiger partial charge in [-0.15, -0.1) is 22.7 Å². The number of nitrogens with zero attached hydrogens (tertiary/aromatic N) is 3. The molecular weight excluding hydrogens is 324 g/mol. The molecule has 114 valence electrons. The molecule has 1 amide bonds. The Morgan fingerprint density at radius 1 is 1.27 bits per heavy atom. The highest BCUT2D eigenvalue weighted by Crippen LogP contribution is 2.23. The molecule has 9 heteroatoms. The van der Waals surface area contributed by atoms with Gasteiger partial charge in [0.1, 0.15) is 4.83 Å². The molecule has 3 aromatic rings. The molecule has 0 radical (unpaired) electrons. The van der Waals surface area contributed by atoms with Crippen LogP contribution in [0.1, 0.15) is 15.4 Å². The Hall–Kier alpha value is -2.26. The van der Waals surface area contributed by atoms with Gasteiger partial charge < -0.3 is 0 Å². The molecule has 0 saturated carbocycles. The lowest BCUT2D eigenvalue weighted by atomic mass is 10.3. The molecule has 3 aromatic heterocycles. The number of thiophene rings is 1. The van der Waals surface area contributed by atoms with Gasteiger partial charge in [-0.1, -0.05) is 0 Å². The SMILES string of the molecule is Cc1csc(NC(=O)c2cc3c(=O)n(C)c(=O)n(C)c3s2)n1. The first-order chi connectivity index (χ1) is 10.4. The van der Waals surface area contributed by atoms with Crippen molar-refractivity contribution in [2.45, 2.75) is 6.92 Å². The molecule has 7 nitrogen and oxygen atoms in total. The van der Waals surface area contributed by atoms with Crippen molar-refractivity contribution in [3.8, 4) is 0 Å². The minimum Gasteiger partial charge on any atom is -0.297 e. The number of thiazole rings is 1. The predicted octanol–water partition coefficient (Wildman–Crippen LogP) is 1.32. The van der Waals surface area contributed by atoms with E-state index in [1.165, 1.54) is 29.0 Å². The lowest BCUT2D eigenvalue weighted by Gasteiger charge is -2.01. The number of anilines is 1. The number of rotatable bonds is 2. The molecule has 0 aromatic carbocycles. The molecule has 0 unspecified atom stereocenters. The van der Waals surface area contributed by atoms with Crippen molar-refractivity contribution in [1.82, 2.24) is 14.1 Å². The average Bonchev–Trinajstić information content (AvgIpc) is 3.09. The molecule has 0 fully saturated rings. The van der Waals surface area contributed by atoms with E-state index in [1.54, 1.807) is 7.05 Å². The largest absolute Gasteiger partial charge is 0.331 e. The zero-order chi connectivity index (χ0) is 16.0. The third-order valence-electron chi connectivity index (χ3n) is 3.19.